The van der Waals surface area contributed by atoms with Crippen LogP contribution in [0.3, 0.4) is 0 Å². The molecule has 2 heterocycles. The Morgan fingerprint density at radius 3 is 2.63 bits per heavy atom. The number of piperidine rings is 1. The van der Waals surface area contributed by atoms with Gasteiger partial charge < -0.3 is 4.90 Å². The van der Waals surface area contributed by atoms with Gasteiger partial charge in [0.05, 0.1) is 17.9 Å². The quantitative estimate of drug-likeness (QED) is 0.799. The van der Waals surface area contributed by atoms with Crippen LogP contribution in [-0.2, 0) is 16.0 Å². The third-order valence-electron chi connectivity index (χ3n) is 4.57. The van der Waals surface area contributed by atoms with Crippen LogP contribution in [-0.4, -0.2) is 40.7 Å². The molecule has 0 radical (unpaired) electrons. The summed E-state index contributed by atoms with van der Waals surface area (Å²) >= 11 is 0. The van der Waals surface area contributed by atoms with Crippen molar-refractivity contribution in [2.75, 3.05) is 13.1 Å². The van der Waals surface area contributed by atoms with E-state index in [2.05, 4.69) is 15.8 Å². The molecule has 0 bridgehead atoms. The Labute approximate surface area is 157 Å². The van der Waals surface area contributed by atoms with Crippen LogP contribution < -0.4 is 10.9 Å². The molecule has 0 aliphatic carbocycles. The van der Waals surface area contributed by atoms with Gasteiger partial charge in [-0.05, 0) is 30.5 Å². The van der Waals surface area contributed by atoms with E-state index in [9.17, 15) is 14.4 Å². The fraction of sp³-hybridized carbons (Fsp3) is 0.300. The number of nitrogens with zero attached hydrogens (tertiary/aromatic N) is 2. The third-order valence-corrected chi connectivity index (χ3v) is 4.57. The SMILES string of the molecule is O=C(NNC(=O)C1CCCN(C(=O)Cc2ccccc2)C1)c1cccnc1. The molecule has 1 unspecified atom stereocenters. The Morgan fingerprint density at radius 1 is 1.07 bits per heavy atom. The number of aromatic nitrogens is 1. The van der Waals surface area contributed by atoms with Crippen molar-refractivity contribution in [2.45, 2.75) is 19.3 Å². The highest BCUT2D eigenvalue weighted by Gasteiger charge is 2.28. The van der Waals surface area contributed by atoms with Crippen LogP contribution >= 0.6 is 0 Å². The van der Waals surface area contributed by atoms with Gasteiger partial charge in [0.1, 0.15) is 0 Å². The fourth-order valence-electron chi connectivity index (χ4n) is 3.09. The molecule has 1 aromatic carbocycles. The number of likely N-dealkylation sites (tertiary alicyclic amines) is 1. The van der Waals surface area contributed by atoms with Crippen LogP contribution in [0.4, 0.5) is 0 Å². The Balaban J connectivity index is 1.50. The van der Waals surface area contributed by atoms with Gasteiger partial charge in [-0.1, -0.05) is 30.3 Å². The molecule has 2 aromatic rings. The zero-order chi connectivity index (χ0) is 19.1. The number of nitrogens with one attached hydrogen (secondary N) is 2. The Morgan fingerprint density at radius 2 is 1.89 bits per heavy atom. The van der Waals surface area contributed by atoms with E-state index in [1.807, 2.05) is 30.3 Å². The Kier molecular flexibility index (Phi) is 6.14. The van der Waals surface area contributed by atoms with Crippen LogP contribution in [0.1, 0.15) is 28.8 Å². The van der Waals surface area contributed by atoms with Crippen LogP contribution in [0.15, 0.2) is 54.9 Å². The number of hydrazine groups is 1. The minimum atomic E-state index is -0.427. The lowest BCUT2D eigenvalue weighted by Crippen LogP contribution is -2.50. The van der Waals surface area contributed by atoms with Crippen molar-refractivity contribution < 1.29 is 14.4 Å². The largest absolute Gasteiger partial charge is 0.342 e. The molecule has 1 atom stereocenters. The van der Waals surface area contributed by atoms with E-state index >= 15 is 0 Å². The molecule has 1 aliphatic heterocycles. The maximum atomic E-state index is 12.5. The van der Waals surface area contributed by atoms with Gasteiger partial charge >= 0.3 is 0 Å². The molecule has 3 amide bonds. The van der Waals surface area contributed by atoms with Crippen LogP contribution in [0.2, 0.25) is 0 Å². The number of carbonyl (C=O) groups excluding carboxylic acids is 3. The van der Waals surface area contributed by atoms with Gasteiger partial charge in [0.25, 0.3) is 5.91 Å². The predicted octanol–water partition coefficient (Wildman–Crippen LogP) is 1.32. The number of rotatable bonds is 4. The van der Waals surface area contributed by atoms with Gasteiger partial charge in [-0.25, -0.2) is 0 Å². The number of pyridine rings is 1. The van der Waals surface area contributed by atoms with Gasteiger partial charge in [0.2, 0.25) is 11.8 Å². The fourth-order valence-corrected chi connectivity index (χ4v) is 3.09. The van der Waals surface area contributed by atoms with Crippen molar-refractivity contribution in [1.29, 1.82) is 0 Å². The second kappa shape index (κ2) is 8.93. The summed E-state index contributed by atoms with van der Waals surface area (Å²) in [6.07, 6.45) is 4.76. The summed E-state index contributed by atoms with van der Waals surface area (Å²) in [5, 5.41) is 0. The molecular weight excluding hydrogens is 344 g/mol. The summed E-state index contributed by atoms with van der Waals surface area (Å²) in [7, 11) is 0. The zero-order valence-electron chi connectivity index (χ0n) is 14.9. The van der Waals surface area contributed by atoms with Crippen molar-refractivity contribution >= 4 is 17.7 Å². The monoisotopic (exact) mass is 366 g/mol. The van der Waals surface area contributed by atoms with Crippen LogP contribution in [0.5, 0.6) is 0 Å². The second-order valence-corrected chi connectivity index (χ2v) is 6.53. The van der Waals surface area contributed by atoms with E-state index in [-0.39, 0.29) is 17.7 Å². The smallest absolute Gasteiger partial charge is 0.271 e. The maximum Gasteiger partial charge on any atom is 0.271 e. The molecule has 1 fully saturated rings. The summed E-state index contributed by atoms with van der Waals surface area (Å²) in [6, 6.07) is 12.8. The molecule has 3 rings (SSSR count). The van der Waals surface area contributed by atoms with Gasteiger partial charge in [-0.3, -0.25) is 30.2 Å². The first kappa shape index (κ1) is 18.6. The minimum Gasteiger partial charge on any atom is -0.342 e. The van der Waals surface area contributed by atoms with Crippen LogP contribution in [0.25, 0.3) is 0 Å². The molecule has 1 saturated heterocycles. The Bertz CT molecular complexity index is 795. The molecule has 27 heavy (non-hydrogen) atoms. The molecule has 1 aliphatic rings. The highest BCUT2D eigenvalue weighted by molar-refractivity contribution is 5.95. The number of amides is 3. The lowest BCUT2D eigenvalue weighted by molar-refractivity contribution is -0.135. The maximum absolute atomic E-state index is 12.5. The van der Waals surface area contributed by atoms with Gasteiger partial charge in [-0.2, -0.15) is 0 Å². The van der Waals surface area contributed by atoms with Gasteiger partial charge in [0, 0.05) is 25.5 Å². The molecule has 7 nitrogen and oxygen atoms in total. The van der Waals surface area contributed by atoms with Crippen molar-refractivity contribution in [1.82, 2.24) is 20.7 Å². The van der Waals surface area contributed by atoms with Crippen molar-refractivity contribution in [2.24, 2.45) is 5.92 Å². The molecule has 0 saturated carbocycles. The summed E-state index contributed by atoms with van der Waals surface area (Å²) < 4.78 is 0. The van der Waals surface area contributed by atoms with Gasteiger partial charge in [0.15, 0.2) is 0 Å². The van der Waals surface area contributed by atoms with E-state index < -0.39 is 5.91 Å². The van der Waals surface area contributed by atoms with E-state index in [0.29, 0.717) is 31.5 Å². The van der Waals surface area contributed by atoms with Crippen molar-refractivity contribution in [3.05, 3.63) is 66.0 Å². The average Bonchev–Trinajstić information content (AvgIpc) is 2.73. The molecular formula is C20H22N4O3. The summed E-state index contributed by atoms with van der Waals surface area (Å²) in [4.78, 5) is 42.5. The lowest BCUT2D eigenvalue weighted by Gasteiger charge is -2.32. The number of carbonyl (C=O) groups is 3. The van der Waals surface area contributed by atoms with Gasteiger partial charge in [-0.15, -0.1) is 0 Å². The molecule has 7 heteroatoms. The van der Waals surface area contributed by atoms with Crippen LogP contribution in [0, 0.1) is 5.92 Å². The van der Waals surface area contributed by atoms with E-state index in [0.717, 1.165) is 12.0 Å². The first-order chi connectivity index (χ1) is 13.1. The van der Waals surface area contributed by atoms with Crippen molar-refractivity contribution in [3.8, 4) is 0 Å². The van der Waals surface area contributed by atoms with E-state index in [1.54, 1.807) is 23.2 Å². The van der Waals surface area contributed by atoms with E-state index in [1.165, 1.54) is 6.20 Å². The third kappa shape index (κ3) is 5.13. The molecule has 2 N–H and O–H groups in total. The molecule has 140 valence electrons. The topological polar surface area (TPSA) is 91.4 Å². The normalized spacial score (nSPS) is 16.4. The Hall–Kier alpha value is -3.22. The molecule has 0 spiro atoms. The second-order valence-electron chi connectivity index (χ2n) is 6.53. The highest BCUT2D eigenvalue weighted by Crippen LogP contribution is 2.17. The first-order valence-electron chi connectivity index (χ1n) is 8.95. The lowest BCUT2D eigenvalue weighted by atomic mass is 9.97. The van der Waals surface area contributed by atoms with Crippen molar-refractivity contribution in [3.63, 3.8) is 0 Å². The minimum absolute atomic E-state index is 0.0121. The first-order valence-corrected chi connectivity index (χ1v) is 8.95. The summed E-state index contributed by atoms with van der Waals surface area (Å²) in [6.45, 7) is 1.01. The summed E-state index contributed by atoms with van der Waals surface area (Å²) in [5.41, 5.74) is 6.17. The predicted molar refractivity (Wildman–Crippen MR) is 99.3 cm³/mol. The zero-order valence-corrected chi connectivity index (χ0v) is 14.9. The van der Waals surface area contributed by atoms with E-state index in [4.69, 9.17) is 0 Å². The summed E-state index contributed by atoms with van der Waals surface area (Å²) in [5.74, 6) is -1.04. The number of hydrogen-bond donors (Lipinski definition) is 2. The number of benzene rings is 1. The molecule has 1 aromatic heterocycles. The highest BCUT2D eigenvalue weighted by atomic mass is 16.2. The number of hydrogen-bond acceptors (Lipinski definition) is 4. The standard InChI is InChI=1S/C20H22N4O3/c25-18(12-15-6-2-1-3-7-15)24-11-5-9-17(14-24)20(27)23-22-19(26)16-8-4-10-21-13-16/h1-4,6-8,10,13,17H,5,9,11-12,14H2,(H,22,26)(H,23,27). The average molecular weight is 366 g/mol.